The fraction of sp³-hybridized carbons (Fsp3) is 0.422. The van der Waals surface area contributed by atoms with Gasteiger partial charge in [0.05, 0.1) is 37.4 Å². The summed E-state index contributed by atoms with van der Waals surface area (Å²) >= 11 is 1.80. The standard InChI is InChI=1S/C45H58N4O3S/c1-6-8-28-51-29-30-52-41-21-16-38(17-22-41)44-25-18-39(15-12-27-49(44,31-35(3)4)32-37-13-10-9-11-14-37)45(50)47-40-19-23-42(24-20-40)53-33-43-36(5)46-34-48(43)26-7-2/h9-11,13-14,16-25,34-35H,6-8,12,15,26-33H2,1-5H3/p+1. The van der Waals surface area contributed by atoms with Crippen LogP contribution in [-0.4, -0.2) is 52.9 Å². The van der Waals surface area contributed by atoms with Crippen molar-refractivity contribution in [3.63, 3.8) is 0 Å². The number of unbranched alkanes of at least 4 members (excludes halogenated alkanes) is 1. The second kappa shape index (κ2) is 20.4. The topological polar surface area (TPSA) is 65.4 Å². The van der Waals surface area contributed by atoms with Gasteiger partial charge < -0.3 is 19.4 Å². The lowest BCUT2D eigenvalue weighted by molar-refractivity contribution is -0.876. The lowest BCUT2D eigenvalue weighted by Crippen LogP contribution is -2.49. The number of nitrogens with zero attached hydrogens (tertiary/aromatic N) is 3. The fourth-order valence-corrected chi connectivity index (χ4v) is 8.15. The van der Waals surface area contributed by atoms with Gasteiger partial charge in [0.2, 0.25) is 0 Å². The van der Waals surface area contributed by atoms with Crippen LogP contribution in [0.3, 0.4) is 0 Å². The molecule has 0 saturated carbocycles. The number of anilines is 1. The van der Waals surface area contributed by atoms with Crippen molar-refractivity contribution in [2.75, 3.05) is 38.2 Å². The molecule has 53 heavy (non-hydrogen) atoms. The van der Waals surface area contributed by atoms with Gasteiger partial charge in [0.1, 0.15) is 24.6 Å². The summed E-state index contributed by atoms with van der Waals surface area (Å²) < 4.78 is 14.8. The second-order valence-electron chi connectivity index (χ2n) is 14.5. The van der Waals surface area contributed by atoms with E-state index in [0.29, 0.717) is 25.6 Å². The Morgan fingerprint density at radius 3 is 2.43 bits per heavy atom. The van der Waals surface area contributed by atoms with Crippen LogP contribution in [0, 0.1) is 12.8 Å². The highest BCUT2D eigenvalue weighted by Crippen LogP contribution is 2.36. The van der Waals surface area contributed by atoms with Crippen LogP contribution in [0.15, 0.2) is 108 Å². The number of benzene rings is 3. The van der Waals surface area contributed by atoms with Crippen LogP contribution in [-0.2, 0) is 28.4 Å². The lowest BCUT2D eigenvalue weighted by Gasteiger charge is -2.42. The van der Waals surface area contributed by atoms with Crippen molar-refractivity contribution in [1.29, 1.82) is 0 Å². The molecule has 1 aromatic heterocycles. The van der Waals surface area contributed by atoms with Crippen LogP contribution >= 0.6 is 11.8 Å². The van der Waals surface area contributed by atoms with Crippen LogP contribution < -0.4 is 10.1 Å². The summed E-state index contributed by atoms with van der Waals surface area (Å²) in [5.41, 5.74) is 7.64. The number of carbonyl (C=O) groups excluding carboxylic acids is 1. The summed E-state index contributed by atoms with van der Waals surface area (Å²) in [6, 6.07) is 27.5. The Labute approximate surface area is 322 Å². The first-order valence-corrected chi connectivity index (χ1v) is 20.5. The van der Waals surface area contributed by atoms with E-state index in [0.717, 1.165) is 97.0 Å². The van der Waals surface area contributed by atoms with Gasteiger partial charge >= 0.3 is 0 Å². The highest BCUT2D eigenvalue weighted by molar-refractivity contribution is 7.98. The lowest BCUT2D eigenvalue weighted by atomic mass is 9.97. The zero-order valence-electron chi connectivity index (χ0n) is 32.5. The molecule has 0 radical (unpaired) electrons. The number of aryl methyl sites for hydroxylation is 2. The van der Waals surface area contributed by atoms with Crippen LogP contribution in [0.1, 0.15) is 82.3 Å². The van der Waals surface area contributed by atoms with Gasteiger partial charge in [0.15, 0.2) is 0 Å². The smallest absolute Gasteiger partial charge is 0.251 e. The molecule has 1 aliphatic rings. The van der Waals surface area contributed by atoms with Crippen molar-refractivity contribution < 1.29 is 18.8 Å². The van der Waals surface area contributed by atoms with Crippen LogP contribution in [0.4, 0.5) is 5.69 Å². The largest absolute Gasteiger partial charge is 0.491 e. The number of aromatic nitrogens is 2. The summed E-state index contributed by atoms with van der Waals surface area (Å²) in [5, 5.41) is 3.19. The third kappa shape index (κ3) is 11.7. The van der Waals surface area contributed by atoms with Crippen molar-refractivity contribution in [3.05, 3.63) is 125 Å². The second-order valence-corrected chi connectivity index (χ2v) is 15.6. The van der Waals surface area contributed by atoms with E-state index in [2.05, 4.69) is 128 Å². The Morgan fingerprint density at radius 1 is 0.943 bits per heavy atom. The highest BCUT2D eigenvalue weighted by atomic mass is 32.2. The summed E-state index contributed by atoms with van der Waals surface area (Å²) in [7, 11) is 0. The first-order chi connectivity index (χ1) is 25.8. The first kappa shape index (κ1) is 40.1. The van der Waals surface area contributed by atoms with E-state index in [4.69, 9.17) is 9.47 Å². The normalized spacial score (nSPS) is 16.1. The van der Waals surface area contributed by atoms with Crippen molar-refractivity contribution >= 4 is 29.1 Å². The van der Waals surface area contributed by atoms with Crippen LogP contribution in [0.2, 0.25) is 0 Å². The van der Waals surface area contributed by atoms with E-state index in [1.165, 1.54) is 21.8 Å². The molecule has 1 N–H and O–H groups in total. The Kier molecular flexibility index (Phi) is 15.4. The Bertz CT molecular complexity index is 1780. The van der Waals surface area contributed by atoms with Crippen molar-refractivity contribution in [3.8, 4) is 5.75 Å². The molecule has 0 fully saturated rings. The molecule has 0 saturated heterocycles. The van der Waals surface area contributed by atoms with Gasteiger partial charge in [-0.3, -0.25) is 9.28 Å². The molecule has 7 nitrogen and oxygen atoms in total. The van der Waals surface area contributed by atoms with Gasteiger partial charge in [-0.05, 0) is 80.8 Å². The number of hydrogen-bond donors (Lipinski definition) is 1. The van der Waals surface area contributed by atoms with Gasteiger partial charge in [-0.1, -0.05) is 64.4 Å². The fourth-order valence-electron chi connectivity index (χ4n) is 7.14. The number of rotatable bonds is 19. The van der Waals surface area contributed by atoms with Gasteiger partial charge in [-0.15, -0.1) is 11.8 Å². The molecule has 1 atom stereocenters. The molecule has 0 bridgehead atoms. The number of allylic oxidation sites excluding steroid dienone is 2. The summed E-state index contributed by atoms with van der Waals surface area (Å²) in [4.78, 5) is 19.5. The molecule has 4 aromatic rings. The third-order valence-electron chi connectivity index (χ3n) is 9.72. The molecule has 5 rings (SSSR count). The van der Waals surface area contributed by atoms with Crippen LogP contribution in [0.25, 0.3) is 5.70 Å². The number of hydrogen-bond acceptors (Lipinski definition) is 5. The first-order valence-electron chi connectivity index (χ1n) is 19.5. The zero-order chi connectivity index (χ0) is 37.5. The van der Waals surface area contributed by atoms with E-state index in [1.807, 2.05) is 18.5 Å². The monoisotopic (exact) mass is 735 g/mol. The predicted molar refractivity (Wildman–Crippen MR) is 220 cm³/mol. The maximum atomic E-state index is 13.8. The number of ether oxygens (including phenoxy) is 2. The number of thioether (sulfide) groups is 1. The zero-order valence-corrected chi connectivity index (χ0v) is 33.3. The SMILES string of the molecule is CCCCOCCOc1ccc(C2=CC=C(C(=O)Nc3ccc(SCc4c(C)ncn4CCC)cc3)CCC[N+]2(Cc2ccccc2)CC(C)C)cc1. The maximum Gasteiger partial charge on any atom is 0.251 e. The minimum atomic E-state index is -0.0445. The minimum Gasteiger partial charge on any atom is -0.491 e. The molecule has 2 heterocycles. The molecule has 3 aromatic carbocycles. The molecule has 8 heteroatoms. The number of quaternary nitrogens is 1. The van der Waals surface area contributed by atoms with E-state index in [-0.39, 0.29) is 5.91 Å². The highest BCUT2D eigenvalue weighted by Gasteiger charge is 2.36. The van der Waals surface area contributed by atoms with Crippen LogP contribution in [0.5, 0.6) is 5.75 Å². The van der Waals surface area contributed by atoms with E-state index in [9.17, 15) is 4.79 Å². The average Bonchev–Trinajstić information content (AvgIpc) is 3.50. The van der Waals surface area contributed by atoms with Gasteiger partial charge in [-0.25, -0.2) is 4.98 Å². The number of imidazole rings is 1. The Morgan fingerprint density at radius 2 is 1.72 bits per heavy atom. The molecule has 0 aliphatic carbocycles. The number of nitrogens with one attached hydrogen (secondary N) is 1. The van der Waals surface area contributed by atoms with Gasteiger partial charge in [0, 0.05) is 64.6 Å². The summed E-state index contributed by atoms with van der Waals surface area (Å²) in [6.45, 7) is 16.7. The molecule has 0 spiro atoms. The van der Waals surface area contributed by atoms with E-state index < -0.39 is 0 Å². The third-order valence-corrected chi connectivity index (χ3v) is 10.7. The van der Waals surface area contributed by atoms with Gasteiger partial charge in [0.25, 0.3) is 5.91 Å². The summed E-state index contributed by atoms with van der Waals surface area (Å²) in [5.74, 6) is 2.14. The molecule has 282 valence electrons. The van der Waals surface area contributed by atoms with E-state index in [1.54, 1.807) is 11.8 Å². The molecular weight excluding hydrogens is 677 g/mol. The molecule has 1 aliphatic heterocycles. The van der Waals surface area contributed by atoms with Crippen molar-refractivity contribution in [2.24, 2.45) is 5.92 Å². The minimum absolute atomic E-state index is 0.0445. The van der Waals surface area contributed by atoms with Gasteiger partial charge in [-0.2, -0.15) is 0 Å². The Hall–Kier alpha value is -4.11. The quantitative estimate of drug-likeness (QED) is 0.0590. The Balaban J connectivity index is 1.35. The molecular formula is C45H59N4O3S+. The average molecular weight is 736 g/mol. The summed E-state index contributed by atoms with van der Waals surface area (Å²) in [6.07, 6.45) is 11.1. The van der Waals surface area contributed by atoms with Crippen molar-refractivity contribution in [1.82, 2.24) is 9.55 Å². The van der Waals surface area contributed by atoms with Crippen molar-refractivity contribution in [2.45, 2.75) is 90.5 Å². The van der Waals surface area contributed by atoms with E-state index >= 15 is 0 Å². The number of carbonyl (C=O) groups is 1. The maximum absolute atomic E-state index is 13.8. The number of amides is 1. The molecule has 1 unspecified atom stereocenters. The molecule has 1 amide bonds. The predicted octanol–water partition coefficient (Wildman–Crippen LogP) is 10.5.